The molecule has 2 aromatic heterocycles. The number of pyridine rings is 1. The number of hydrogen-bond acceptors (Lipinski definition) is 6. The Kier molecular flexibility index (Phi) is 4.36. The van der Waals surface area contributed by atoms with Crippen molar-refractivity contribution in [2.24, 2.45) is 5.41 Å². The fraction of sp³-hybridized carbons (Fsp3) is 0.429. The number of hydrogen-bond donors (Lipinski definition) is 1. The summed E-state index contributed by atoms with van der Waals surface area (Å²) in [5.74, 6) is -5.54. The average molecular weight is 449 g/mol. The minimum absolute atomic E-state index is 0.0989. The molecule has 0 saturated heterocycles. The standard InChI is InChI=1S/C21H19F4N5O2/c1-32-17-5-2-13(7-26-17)18-8-19(9-18,10-18)21(24,25)20(31,11-30-12-27-28-29-30)15-4-3-14(22)6-16(15)23/h2-7,12,31H,8-11H2,1H3. The molecule has 11 heteroatoms. The van der Waals surface area contributed by atoms with Gasteiger partial charge in [0.25, 0.3) is 5.92 Å². The molecule has 2 heterocycles. The van der Waals surface area contributed by atoms with Crippen LogP contribution in [-0.4, -0.2) is 43.3 Å². The molecule has 7 nitrogen and oxygen atoms in total. The van der Waals surface area contributed by atoms with Gasteiger partial charge in [-0.3, -0.25) is 0 Å². The summed E-state index contributed by atoms with van der Waals surface area (Å²) in [5, 5.41) is 21.7. The summed E-state index contributed by atoms with van der Waals surface area (Å²) in [6, 6.07) is 5.62. The quantitative estimate of drug-likeness (QED) is 0.559. The first kappa shape index (κ1) is 20.8. The fourth-order valence-corrected chi connectivity index (χ4v) is 5.35. The molecule has 3 aliphatic carbocycles. The van der Waals surface area contributed by atoms with Crippen LogP contribution in [0.15, 0.2) is 42.9 Å². The summed E-state index contributed by atoms with van der Waals surface area (Å²) in [5.41, 5.74) is -4.90. The Morgan fingerprint density at radius 1 is 1.16 bits per heavy atom. The number of halogens is 4. The highest BCUT2D eigenvalue weighted by atomic mass is 19.3. The summed E-state index contributed by atoms with van der Waals surface area (Å²) < 4.78 is 66.2. The zero-order valence-electron chi connectivity index (χ0n) is 17.0. The molecule has 168 valence electrons. The average Bonchev–Trinajstić information content (AvgIpc) is 3.18. The number of methoxy groups -OCH3 is 1. The van der Waals surface area contributed by atoms with Gasteiger partial charge in [0, 0.05) is 29.3 Å². The van der Waals surface area contributed by atoms with Crippen molar-refractivity contribution in [3.8, 4) is 5.88 Å². The Bertz CT molecular complexity index is 1140. The van der Waals surface area contributed by atoms with Crippen LogP contribution in [0.2, 0.25) is 0 Å². The Morgan fingerprint density at radius 3 is 2.47 bits per heavy atom. The molecule has 3 fully saturated rings. The van der Waals surface area contributed by atoms with Gasteiger partial charge < -0.3 is 9.84 Å². The van der Waals surface area contributed by atoms with E-state index in [9.17, 15) is 13.9 Å². The third-order valence-corrected chi connectivity index (χ3v) is 6.93. The molecular weight excluding hydrogens is 430 g/mol. The fourth-order valence-electron chi connectivity index (χ4n) is 5.35. The van der Waals surface area contributed by atoms with Crippen LogP contribution in [0.5, 0.6) is 5.88 Å². The van der Waals surface area contributed by atoms with Crippen LogP contribution in [0.25, 0.3) is 0 Å². The third-order valence-electron chi connectivity index (χ3n) is 6.93. The molecule has 0 amide bonds. The van der Waals surface area contributed by atoms with Gasteiger partial charge in [-0.15, -0.1) is 5.10 Å². The lowest BCUT2D eigenvalue weighted by molar-refractivity contribution is -0.347. The zero-order valence-corrected chi connectivity index (χ0v) is 17.0. The molecule has 1 N–H and O–H groups in total. The van der Waals surface area contributed by atoms with Crippen molar-refractivity contribution in [3.63, 3.8) is 0 Å². The smallest absolute Gasteiger partial charge is 0.287 e. The molecule has 0 radical (unpaired) electrons. The highest BCUT2D eigenvalue weighted by molar-refractivity contribution is 5.42. The Balaban J connectivity index is 1.49. The summed E-state index contributed by atoms with van der Waals surface area (Å²) in [7, 11) is 1.48. The Labute approximate surface area is 180 Å². The van der Waals surface area contributed by atoms with Crippen LogP contribution < -0.4 is 4.74 Å². The number of aliphatic hydroxyl groups is 1. The SMILES string of the molecule is COc1ccc(C23CC(C(F)(F)C(O)(Cn4cnnn4)c4ccc(F)cc4F)(C2)C3)cn1. The predicted octanol–water partition coefficient (Wildman–Crippen LogP) is 3.00. The van der Waals surface area contributed by atoms with Crippen LogP contribution in [0.3, 0.4) is 0 Å². The molecule has 6 rings (SSSR count). The first-order valence-electron chi connectivity index (χ1n) is 9.92. The number of aromatic nitrogens is 5. The van der Waals surface area contributed by atoms with Crippen molar-refractivity contribution in [1.82, 2.24) is 25.2 Å². The van der Waals surface area contributed by atoms with Gasteiger partial charge in [0.05, 0.1) is 13.7 Å². The number of nitrogens with zero attached hydrogens (tertiary/aromatic N) is 5. The summed E-state index contributed by atoms with van der Waals surface area (Å²) >= 11 is 0. The lowest BCUT2D eigenvalue weighted by Crippen LogP contribution is -2.76. The van der Waals surface area contributed by atoms with Crippen LogP contribution in [0.1, 0.15) is 30.4 Å². The molecule has 3 saturated carbocycles. The Morgan fingerprint density at radius 2 is 1.91 bits per heavy atom. The number of ether oxygens (including phenoxy) is 1. The van der Waals surface area contributed by atoms with E-state index in [1.807, 2.05) is 0 Å². The maximum absolute atomic E-state index is 16.1. The largest absolute Gasteiger partial charge is 0.481 e. The first-order valence-corrected chi connectivity index (χ1v) is 9.92. The third kappa shape index (κ3) is 2.70. The normalized spacial score (nSPS) is 26.1. The highest BCUT2D eigenvalue weighted by Gasteiger charge is 2.82. The monoisotopic (exact) mass is 449 g/mol. The summed E-state index contributed by atoms with van der Waals surface area (Å²) in [6.07, 6.45) is 2.95. The molecule has 32 heavy (non-hydrogen) atoms. The van der Waals surface area contributed by atoms with E-state index in [4.69, 9.17) is 4.74 Å². The molecule has 1 aromatic carbocycles. The molecular formula is C21H19F4N5O2. The van der Waals surface area contributed by atoms with E-state index < -0.39 is 46.1 Å². The minimum atomic E-state index is -3.76. The second-order valence-electron chi connectivity index (χ2n) is 8.75. The van der Waals surface area contributed by atoms with Gasteiger partial charge in [-0.2, -0.15) is 0 Å². The van der Waals surface area contributed by atoms with Crippen LogP contribution in [-0.2, 0) is 17.6 Å². The molecule has 1 unspecified atom stereocenters. The van der Waals surface area contributed by atoms with Crippen molar-refractivity contribution >= 4 is 0 Å². The molecule has 3 aromatic rings. The molecule has 2 bridgehead atoms. The number of tetrazole rings is 1. The number of alkyl halides is 2. The number of rotatable bonds is 7. The van der Waals surface area contributed by atoms with Crippen LogP contribution >= 0.6 is 0 Å². The van der Waals surface area contributed by atoms with Gasteiger partial charge in [-0.05, 0) is 52.8 Å². The van der Waals surface area contributed by atoms with E-state index in [1.54, 1.807) is 18.3 Å². The van der Waals surface area contributed by atoms with Gasteiger partial charge in [-0.1, -0.05) is 6.07 Å². The predicted molar refractivity (Wildman–Crippen MR) is 102 cm³/mol. The second kappa shape index (κ2) is 6.71. The lowest BCUT2D eigenvalue weighted by Gasteiger charge is -2.74. The van der Waals surface area contributed by atoms with Gasteiger partial charge >= 0.3 is 0 Å². The minimum Gasteiger partial charge on any atom is -0.481 e. The van der Waals surface area contributed by atoms with E-state index >= 15 is 8.78 Å². The first-order chi connectivity index (χ1) is 15.1. The van der Waals surface area contributed by atoms with Crippen molar-refractivity contribution < 1.29 is 27.4 Å². The molecule has 1 atom stereocenters. The van der Waals surface area contributed by atoms with Crippen LogP contribution in [0.4, 0.5) is 17.6 Å². The maximum Gasteiger partial charge on any atom is 0.287 e. The van der Waals surface area contributed by atoms with Gasteiger partial charge in [0.2, 0.25) is 5.88 Å². The van der Waals surface area contributed by atoms with E-state index in [-0.39, 0.29) is 19.3 Å². The van der Waals surface area contributed by atoms with Gasteiger partial charge in [0.15, 0.2) is 5.60 Å². The van der Waals surface area contributed by atoms with E-state index in [1.165, 1.54) is 7.11 Å². The summed E-state index contributed by atoms with van der Waals surface area (Å²) in [6.45, 7) is -0.797. The van der Waals surface area contributed by atoms with Crippen molar-refractivity contribution in [2.45, 2.75) is 42.7 Å². The zero-order chi connectivity index (χ0) is 22.8. The van der Waals surface area contributed by atoms with Crippen molar-refractivity contribution in [2.75, 3.05) is 7.11 Å². The molecule has 3 aliphatic rings. The van der Waals surface area contributed by atoms with Crippen molar-refractivity contribution in [1.29, 1.82) is 0 Å². The molecule has 0 aliphatic heterocycles. The molecule has 0 spiro atoms. The second-order valence-corrected chi connectivity index (χ2v) is 8.75. The van der Waals surface area contributed by atoms with E-state index in [2.05, 4.69) is 20.5 Å². The van der Waals surface area contributed by atoms with E-state index in [0.717, 1.165) is 28.7 Å². The Hall–Kier alpha value is -3.08. The van der Waals surface area contributed by atoms with Gasteiger partial charge in [-0.25, -0.2) is 27.2 Å². The lowest BCUT2D eigenvalue weighted by atomic mass is 9.30. The topological polar surface area (TPSA) is 86.0 Å². The van der Waals surface area contributed by atoms with Crippen molar-refractivity contribution in [3.05, 3.63) is 65.6 Å². The summed E-state index contributed by atoms with van der Waals surface area (Å²) in [4.78, 5) is 4.15. The van der Waals surface area contributed by atoms with Gasteiger partial charge in [0.1, 0.15) is 18.0 Å². The number of benzene rings is 1. The van der Waals surface area contributed by atoms with E-state index in [0.29, 0.717) is 11.9 Å². The maximum atomic E-state index is 16.1. The highest BCUT2D eigenvalue weighted by Crippen LogP contribution is 2.80. The van der Waals surface area contributed by atoms with Crippen LogP contribution in [0, 0.1) is 17.0 Å².